The lowest BCUT2D eigenvalue weighted by atomic mass is 9.83. The molecule has 0 radical (unpaired) electrons. The van der Waals surface area contributed by atoms with Crippen molar-refractivity contribution in [2.75, 3.05) is 13.2 Å². The third-order valence-electron chi connectivity index (χ3n) is 4.45. The molecule has 0 aromatic heterocycles. The van der Waals surface area contributed by atoms with Gasteiger partial charge in [0.1, 0.15) is 6.61 Å². The molecule has 1 N–H and O–H groups in total. The van der Waals surface area contributed by atoms with Crippen molar-refractivity contribution >= 4 is 11.9 Å². The Kier molecular flexibility index (Phi) is 3.31. The van der Waals surface area contributed by atoms with Crippen molar-refractivity contribution in [3.05, 3.63) is 12.2 Å². The molecule has 0 aromatic carbocycles. The first-order valence-electron chi connectivity index (χ1n) is 6.86. The minimum atomic E-state index is -0.893. The number of hydrogen-bond acceptors (Lipinski definition) is 4. The summed E-state index contributed by atoms with van der Waals surface area (Å²) in [6.45, 7) is 0.972. The van der Waals surface area contributed by atoms with E-state index in [9.17, 15) is 14.7 Å². The van der Waals surface area contributed by atoms with Crippen LogP contribution < -0.4 is 0 Å². The topological polar surface area (TPSA) is 72.8 Å². The highest BCUT2D eigenvalue weighted by Crippen LogP contribution is 2.48. The van der Waals surface area contributed by atoms with E-state index in [0.717, 1.165) is 25.9 Å². The summed E-state index contributed by atoms with van der Waals surface area (Å²) >= 11 is 0. The average molecular weight is 266 g/mol. The quantitative estimate of drug-likeness (QED) is 0.612. The summed E-state index contributed by atoms with van der Waals surface area (Å²) in [5.41, 5.74) is 0. The maximum absolute atomic E-state index is 12.1. The molecule has 0 amide bonds. The molecule has 0 spiro atoms. The van der Waals surface area contributed by atoms with Crippen LogP contribution in [0, 0.1) is 23.7 Å². The van der Waals surface area contributed by atoms with E-state index in [1.807, 2.05) is 12.2 Å². The van der Waals surface area contributed by atoms with Crippen molar-refractivity contribution in [3.8, 4) is 0 Å². The number of allylic oxidation sites excluding steroid dienone is 2. The Labute approximate surface area is 111 Å². The van der Waals surface area contributed by atoms with Gasteiger partial charge in [-0.25, -0.2) is 0 Å². The second-order valence-corrected chi connectivity index (χ2v) is 5.60. The third-order valence-corrected chi connectivity index (χ3v) is 4.45. The lowest BCUT2D eigenvalue weighted by Crippen LogP contribution is -2.35. The van der Waals surface area contributed by atoms with Gasteiger partial charge >= 0.3 is 11.9 Å². The Balaban J connectivity index is 1.62. The van der Waals surface area contributed by atoms with Gasteiger partial charge in [0.25, 0.3) is 0 Å². The zero-order valence-corrected chi connectivity index (χ0v) is 10.7. The summed E-state index contributed by atoms with van der Waals surface area (Å²) in [6, 6.07) is 0. The first-order chi connectivity index (χ1) is 9.16. The minimum absolute atomic E-state index is 0.0113. The van der Waals surface area contributed by atoms with E-state index in [1.54, 1.807) is 0 Å². The largest absolute Gasteiger partial charge is 0.481 e. The van der Waals surface area contributed by atoms with Crippen molar-refractivity contribution < 1.29 is 24.2 Å². The van der Waals surface area contributed by atoms with E-state index < -0.39 is 17.8 Å². The second-order valence-electron chi connectivity index (χ2n) is 5.60. The summed E-state index contributed by atoms with van der Waals surface area (Å²) in [4.78, 5) is 23.4. The van der Waals surface area contributed by atoms with Crippen LogP contribution in [0.15, 0.2) is 12.2 Å². The van der Waals surface area contributed by atoms with Crippen LogP contribution in [0.25, 0.3) is 0 Å². The zero-order valence-electron chi connectivity index (χ0n) is 10.7. The van der Waals surface area contributed by atoms with Gasteiger partial charge in [-0.05, 0) is 31.1 Å². The molecule has 1 saturated heterocycles. The van der Waals surface area contributed by atoms with Crippen molar-refractivity contribution in [1.82, 2.24) is 0 Å². The summed E-state index contributed by atoms with van der Waals surface area (Å²) in [5.74, 6) is -2.39. The predicted octanol–water partition coefficient (Wildman–Crippen LogP) is 1.23. The molecule has 2 fully saturated rings. The van der Waals surface area contributed by atoms with E-state index in [0.29, 0.717) is 0 Å². The molecule has 3 aliphatic rings. The van der Waals surface area contributed by atoms with Gasteiger partial charge in [0.15, 0.2) is 0 Å². The molecule has 1 aliphatic heterocycles. The summed E-state index contributed by atoms with van der Waals surface area (Å²) in [5, 5.41) is 9.27. The van der Waals surface area contributed by atoms with E-state index in [4.69, 9.17) is 9.47 Å². The van der Waals surface area contributed by atoms with Gasteiger partial charge in [-0.15, -0.1) is 0 Å². The molecule has 1 saturated carbocycles. The van der Waals surface area contributed by atoms with Gasteiger partial charge in [0, 0.05) is 6.61 Å². The first kappa shape index (κ1) is 12.7. The first-order valence-corrected chi connectivity index (χ1v) is 6.86. The Morgan fingerprint density at radius 3 is 2.63 bits per heavy atom. The SMILES string of the molecule is O=C(O)[C@@H]1[C@@H](C(=O)OC[C@@H]2CCCO2)[C@H]2C=C[C@@H]1C2. The number of esters is 1. The van der Waals surface area contributed by atoms with E-state index in [-0.39, 0.29) is 30.5 Å². The van der Waals surface area contributed by atoms with Crippen molar-refractivity contribution in [2.45, 2.75) is 25.4 Å². The van der Waals surface area contributed by atoms with Crippen LogP contribution in [0.1, 0.15) is 19.3 Å². The van der Waals surface area contributed by atoms with Crippen LogP contribution >= 0.6 is 0 Å². The normalized spacial score (nSPS) is 39.7. The van der Waals surface area contributed by atoms with E-state index in [1.165, 1.54) is 0 Å². The lowest BCUT2D eigenvalue weighted by Gasteiger charge is -2.23. The fourth-order valence-electron chi connectivity index (χ4n) is 3.53. The molecule has 5 heteroatoms. The smallest absolute Gasteiger partial charge is 0.310 e. The number of carboxylic acid groups (broad SMARTS) is 1. The molecular formula is C14H18O5. The van der Waals surface area contributed by atoms with Crippen LogP contribution in [0.4, 0.5) is 0 Å². The molecule has 19 heavy (non-hydrogen) atoms. The third kappa shape index (κ3) is 2.27. The van der Waals surface area contributed by atoms with Crippen molar-refractivity contribution in [2.24, 2.45) is 23.7 Å². The highest BCUT2D eigenvalue weighted by Gasteiger charge is 2.52. The van der Waals surface area contributed by atoms with Gasteiger partial charge in [-0.3, -0.25) is 9.59 Å². The highest BCUT2D eigenvalue weighted by atomic mass is 16.6. The Morgan fingerprint density at radius 2 is 2.00 bits per heavy atom. The highest BCUT2D eigenvalue weighted by molar-refractivity contribution is 5.83. The monoisotopic (exact) mass is 266 g/mol. The Bertz CT molecular complexity index is 410. The number of carbonyl (C=O) groups is 2. The number of carboxylic acids is 1. The number of ether oxygens (including phenoxy) is 2. The zero-order chi connectivity index (χ0) is 13.4. The van der Waals surface area contributed by atoms with Crippen LogP contribution in [0.2, 0.25) is 0 Å². The van der Waals surface area contributed by atoms with E-state index >= 15 is 0 Å². The van der Waals surface area contributed by atoms with Gasteiger partial charge in [-0.2, -0.15) is 0 Å². The Morgan fingerprint density at radius 1 is 1.26 bits per heavy atom. The maximum atomic E-state index is 12.1. The lowest BCUT2D eigenvalue weighted by molar-refractivity contribution is -0.160. The summed E-state index contributed by atoms with van der Waals surface area (Å²) in [7, 11) is 0. The number of aliphatic carboxylic acids is 1. The number of fused-ring (bicyclic) bond motifs is 2. The average Bonchev–Trinajstić information content (AvgIpc) is 3.10. The maximum Gasteiger partial charge on any atom is 0.310 e. The van der Waals surface area contributed by atoms with Gasteiger partial charge in [0.05, 0.1) is 17.9 Å². The number of rotatable bonds is 4. The summed E-state index contributed by atoms with van der Waals surface area (Å²) < 4.78 is 10.7. The van der Waals surface area contributed by atoms with E-state index in [2.05, 4.69) is 0 Å². The molecule has 2 aliphatic carbocycles. The van der Waals surface area contributed by atoms with Gasteiger partial charge in [-0.1, -0.05) is 12.2 Å². The van der Waals surface area contributed by atoms with Crippen molar-refractivity contribution in [1.29, 1.82) is 0 Å². The van der Waals surface area contributed by atoms with Crippen LogP contribution in [0.5, 0.6) is 0 Å². The molecular weight excluding hydrogens is 248 g/mol. The second kappa shape index (κ2) is 4.96. The Hall–Kier alpha value is -1.36. The van der Waals surface area contributed by atoms with Gasteiger partial charge in [0.2, 0.25) is 0 Å². The molecule has 104 valence electrons. The predicted molar refractivity (Wildman–Crippen MR) is 65.3 cm³/mol. The summed E-state index contributed by atoms with van der Waals surface area (Å²) in [6.07, 6.45) is 6.54. The molecule has 3 rings (SSSR count). The van der Waals surface area contributed by atoms with Crippen LogP contribution in [0.3, 0.4) is 0 Å². The number of carbonyl (C=O) groups excluding carboxylic acids is 1. The molecule has 2 bridgehead atoms. The van der Waals surface area contributed by atoms with Crippen LogP contribution in [-0.2, 0) is 19.1 Å². The van der Waals surface area contributed by atoms with Gasteiger partial charge < -0.3 is 14.6 Å². The fraction of sp³-hybridized carbons (Fsp3) is 0.714. The van der Waals surface area contributed by atoms with Crippen LogP contribution in [-0.4, -0.2) is 36.4 Å². The van der Waals surface area contributed by atoms with Crippen molar-refractivity contribution in [3.63, 3.8) is 0 Å². The number of hydrogen-bond donors (Lipinski definition) is 1. The fourth-order valence-corrected chi connectivity index (χ4v) is 3.53. The molecule has 0 unspecified atom stereocenters. The molecule has 1 heterocycles. The minimum Gasteiger partial charge on any atom is -0.481 e. The standard InChI is InChI=1S/C14H18O5/c15-13(16)11-8-3-4-9(6-8)12(11)14(17)19-7-10-2-1-5-18-10/h3-4,8-12H,1-2,5-7H2,(H,15,16)/t8-,9+,10+,11+,12+/m1/s1. The molecule has 5 atom stereocenters. The molecule has 0 aromatic rings. The molecule has 5 nitrogen and oxygen atoms in total.